The van der Waals surface area contributed by atoms with E-state index in [1.54, 1.807) is 0 Å². The highest BCUT2D eigenvalue weighted by atomic mass is 16.2. The van der Waals surface area contributed by atoms with Crippen molar-refractivity contribution in [1.29, 1.82) is 0 Å². The lowest BCUT2D eigenvalue weighted by Crippen LogP contribution is -2.37. The van der Waals surface area contributed by atoms with Crippen molar-refractivity contribution in [3.05, 3.63) is 77.4 Å². The molecule has 0 aliphatic rings. The second kappa shape index (κ2) is 7.49. The van der Waals surface area contributed by atoms with Gasteiger partial charge in [-0.05, 0) is 48.2 Å². The number of carbonyl (C=O) groups is 1. The maximum Gasteiger partial charge on any atom is 0.241 e. The molecule has 2 N–H and O–H groups in total. The van der Waals surface area contributed by atoms with Crippen LogP contribution in [0.5, 0.6) is 0 Å². The molecule has 25 heavy (non-hydrogen) atoms. The molecule has 1 amide bonds. The summed E-state index contributed by atoms with van der Waals surface area (Å²) in [7, 11) is 0. The monoisotopic (exact) mass is 332 g/mol. The molecule has 3 nitrogen and oxygen atoms in total. The Hall–Kier alpha value is -2.65. The topological polar surface area (TPSA) is 41.1 Å². The van der Waals surface area contributed by atoms with E-state index >= 15 is 0 Å². The molecule has 0 spiro atoms. The molecule has 0 heterocycles. The van der Waals surface area contributed by atoms with E-state index in [2.05, 4.69) is 41.0 Å². The minimum absolute atomic E-state index is 0.0161. The van der Waals surface area contributed by atoms with Gasteiger partial charge in [0, 0.05) is 12.2 Å². The van der Waals surface area contributed by atoms with Gasteiger partial charge in [0.2, 0.25) is 5.91 Å². The fourth-order valence-corrected chi connectivity index (χ4v) is 3.05. The molecule has 128 valence electrons. The van der Waals surface area contributed by atoms with Gasteiger partial charge in [0.15, 0.2) is 0 Å². The first-order valence-electron chi connectivity index (χ1n) is 8.63. The molecule has 3 aromatic carbocycles. The van der Waals surface area contributed by atoms with Gasteiger partial charge in [-0.1, -0.05) is 60.7 Å². The van der Waals surface area contributed by atoms with Crippen LogP contribution in [0.1, 0.15) is 23.6 Å². The minimum Gasteiger partial charge on any atom is -0.324 e. The summed E-state index contributed by atoms with van der Waals surface area (Å²) in [6, 6.07) is 20.3. The summed E-state index contributed by atoms with van der Waals surface area (Å²) in [5.74, 6) is -0.0161. The van der Waals surface area contributed by atoms with Crippen LogP contribution in [-0.2, 0) is 11.3 Å². The number of amides is 1. The Morgan fingerprint density at radius 2 is 1.56 bits per heavy atom. The van der Waals surface area contributed by atoms with Gasteiger partial charge in [0.1, 0.15) is 0 Å². The summed E-state index contributed by atoms with van der Waals surface area (Å²) >= 11 is 0. The first kappa shape index (κ1) is 17.2. The SMILES string of the molecule is Cc1cccc(C)c1NC(=O)C(C)NCc1cccc2ccccc12. The van der Waals surface area contributed by atoms with E-state index in [4.69, 9.17) is 0 Å². The summed E-state index contributed by atoms with van der Waals surface area (Å²) in [5, 5.41) is 8.83. The zero-order valence-electron chi connectivity index (χ0n) is 15.0. The number of fused-ring (bicyclic) bond motifs is 1. The van der Waals surface area contributed by atoms with E-state index in [0.29, 0.717) is 6.54 Å². The van der Waals surface area contributed by atoms with Crippen LogP contribution in [0, 0.1) is 13.8 Å². The molecule has 0 aliphatic heterocycles. The van der Waals surface area contributed by atoms with Crippen LogP contribution in [-0.4, -0.2) is 11.9 Å². The minimum atomic E-state index is -0.280. The molecule has 1 atom stereocenters. The molecule has 0 saturated carbocycles. The fraction of sp³-hybridized carbons (Fsp3) is 0.227. The Bertz CT molecular complexity index is 876. The molecule has 3 heteroatoms. The Morgan fingerprint density at radius 3 is 2.32 bits per heavy atom. The Balaban J connectivity index is 1.68. The van der Waals surface area contributed by atoms with Crippen LogP contribution in [0.3, 0.4) is 0 Å². The lowest BCUT2D eigenvalue weighted by Gasteiger charge is -2.17. The number of benzene rings is 3. The number of anilines is 1. The van der Waals surface area contributed by atoms with Crippen LogP contribution in [0.4, 0.5) is 5.69 Å². The normalized spacial score (nSPS) is 12.1. The standard InChI is InChI=1S/C22H24N2O/c1-15-8-6-9-16(2)21(15)24-22(25)17(3)23-14-19-12-7-11-18-10-4-5-13-20(18)19/h4-13,17,23H,14H2,1-3H3,(H,24,25). The third kappa shape index (κ3) is 3.89. The van der Waals surface area contributed by atoms with Crippen LogP contribution in [0.25, 0.3) is 10.8 Å². The maximum atomic E-state index is 12.5. The summed E-state index contributed by atoms with van der Waals surface area (Å²) in [6.07, 6.45) is 0. The van der Waals surface area contributed by atoms with Crippen molar-refractivity contribution in [1.82, 2.24) is 5.32 Å². The summed E-state index contributed by atoms with van der Waals surface area (Å²) in [4.78, 5) is 12.5. The van der Waals surface area contributed by atoms with Gasteiger partial charge in [-0.25, -0.2) is 0 Å². The second-order valence-corrected chi connectivity index (χ2v) is 6.50. The van der Waals surface area contributed by atoms with Gasteiger partial charge >= 0.3 is 0 Å². The average Bonchev–Trinajstić information content (AvgIpc) is 2.62. The molecule has 0 bridgehead atoms. The van der Waals surface area contributed by atoms with Crippen LogP contribution < -0.4 is 10.6 Å². The Labute approximate surface area is 149 Å². The van der Waals surface area contributed by atoms with E-state index < -0.39 is 0 Å². The number of para-hydroxylation sites is 1. The molecule has 0 aliphatic carbocycles. The van der Waals surface area contributed by atoms with Crippen LogP contribution in [0.2, 0.25) is 0 Å². The number of carbonyl (C=O) groups excluding carboxylic acids is 1. The highest BCUT2D eigenvalue weighted by Crippen LogP contribution is 2.20. The molecule has 0 fully saturated rings. The maximum absolute atomic E-state index is 12.5. The van der Waals surface area contributed by atoms with Crippen molar-refractivity contribution in [2.45, 2.75) is 33.4 Å². The van der Waals surface area contributed by atoms with Crippen molar-refractivity contribution in [3.8, 4) is 0 Å². The third-order valence-corrected chi connectivity index (χ3v) is 4.60. The summed E-state index contributed by atoms with van der Waals surface area (Å²) < 4.78 is 0. The highest BCUT2D eigenvalue weighted by Gasteiger charge is 2.14. The third-order valence-electron chi connectivity index (χ3n) is 4.60. The number of hydrogen-bond donors (Lipinski definition) is 2. The molecule has 3 rings (SSSR count). The van der Waals surface area contributed by atoms with Gasteiger partial charge in [-0.3, -0.25) is 4.79 Å². The molecular formula is C22H24N2O. The lowest BCUT2D eigenvalue weighted by atomic mass is 10.0. The van der Waals surface area contributed by atoms with E-state index in [-0.39, 0.29) is 11.9 Å². The fourth-order valence-electron chi connectivity index (χ4n) is 3.05. The quantitative estimate of drug-likeness (QED) is 0.718. The average molecular weight is 332 g/mol. The predicted molar refractivity (Wildman–Crippen MR) is 105 cm³/mol. The number of hydrogen-bond acceptors (Lipinski definition) is 2. The van der Waals surface area contributed by atoms with Crippen molar-refractivity contribution < 1.29 is 4.79 Å². The number of nitrogens with one attached hydrogen (secondary N) is 2. The molecule has 0 radical (unpaired) electrons. The molecular weight excluding hydrogens is 308 g/mol. The van der Waals surface area contributed by atoms with Crippen molar-refractivity contribution in [3.63, 3.8) is 0 Å². The largest absolute Gasteiger partial charge is 0.324 e. The van der Waals surface area contributed by atoms with Crippen LogP contribution >= 0.6 is 0 Å². The van der Waals surface area contributed by atoms with Gasteiger partial charge in [-0.2, -0.15) is 0 Å². The molecule has 0 saturated heterocycles. The zero-order valence-corrected chi connectivity index (χ0v) is 15.0. The van der Waals surface area contributed by atoms with E-state index in [9.17, 15) is 4.79 Å². The molecule has 1 unspecified atom stereocenters. The lowest BCUT2D eigenvalue weighted by molar-refractivity contribution is -0.117. The van der Waals surface area contributed by atoms with Crippen molar-refractivity contribution in [2.24, 2.45) is 0 Å². The van der Waals surface area contributed by atoms with Crippen molar-refractivity contribution in [2.75, 3.05) is 5.32 Å². The first-order chi connectivity index (χ1) is 12.1. The highest BCUT2D eigenvalue weighted by molar-refractivity contribution is 5.96. The molecule has 0 aromatic heterocycles. The smallest absolute Gasteiger partial charge is 0.241 e. The predicted octanol–water partition coefficient (Wildman–Crippen LogP) is 4.57. The van der Waals surface area contributed by atoms with Gasteiger partial charge in [-0.15, -0.1) is 0 Å². The Morgan fingerprint density at radius 1 is 0.920 bits per heavy atom. The second-order valence-electron chi connectivity index (χ2n) is 6.50. The van der Waals surface area contributed by atoms with Crippen molar-refractivity contribution >= 4 is 22.4 Å². The van der Waals surface area contributed by atoms with Crippen LogP contribution in [0.15, 0.2) is 60.7 Å². The molecule has 3 aromatic rings. The van der Waals surface area contributed by atoms with E-state index in [1.807, 2.05) is 51.1 Å². The number of aryl methyl sites for hydroxylation is 2. The van der Waals surface area contributed by atoms with Gasteiger partial charge < -0.3 is 10.6 Å². The first-order valence-corrected chi connectivity index (χ1v) is 8.63. The van der Waals surface area contributed by atoms with E-state index in [1.165, 1.54) is 16.3 Å². The zero-order chi connectivity index (χ0) is 17.8. The van der Waals surface area contributed by atoms with Gasteiger partial charge in [0.25, 0.3) is 0 Å². The van der Waals surface area contributed by atoms with Gasteiger partial charge in [0.05, 0.1) is 6.04 Å². The number of rotatable bonds is 5. The van der Waals surface area contributed by atoms with E-state index in [0.717, 1.165) is 16.8 Å². The summed E-state index contributed by atoms with van der Waals surface area (Å²) in [5.41, 5.74) is 4.26. The summed E-state index contributed by atoms with van der Waals surface area (Å²) in [6.45, 7) is 6.57. The Kier molecular flexibility index (Phi) is 5.15.